The molecule has 3 aromatic heterocycles. The summed E-state index contributed by atoms with van der Waals surface area (Å²) in [6.45, 7) is 1.80. The molecule has 200 valence electrons. The highest BCUT2D eigenvalue weighted by Gasteiger charge is 2.45. The van der Waals surface area contributed by atoms with Gasteiger partial charge < -0.3 is 26.2 Å². The van der Waals surface area contributed by atoms with Crippen molar-refractivity contribution in [2.45, 2.75) is 50.2 Å². The van der Waals surface area contributed by atoms with Crippen LogP contribution < -0.4 is 16.0 Å². The second-order valence-electron chi connectivity index (χ2n) is 9.92. The van der Waals surface area contributed by atoms with Crippen molar-refractivity contribution in [1.82, 2.24) is 25.2 Å². The molecule has 5 N–H and O–H groups in total. The molecule has 4 rings (SSSR count). The van der Waals surface area contributed by atoms with Crippen molar-refractivity contribution < 1.29 is 28.6 Å². The minimum atomic E-state index is -1.72. The molecule has 11 nitrogen and oxygen atoms in total. The normalized spacial score (nSPS) is 19.7. The highest BCUT2D eigenvalue weighted by atomic mass is 19.1. The summed E-state index contributed by atoms with van der Waals surface area (Å²) in [6.07, 6.45) is -0.308. The number of carbonyl (C=O) groups is 2. The van der Waals surface area contributed by atoms with Gasteiger partial charge in [0.25, 0.3) is 5.91 Å². The Morgan fingerprint density at radius 1 is 1.29 bits per heavy atom. The topological polar surface area (TPSA) is 165 Å². The smallest absolute Gasteiger partial charge is 0.404 e. The molecule has 0 aromatic carbocycles. The van der Waals surface area contributed by atoms with E-state index < -0.39 is 42.0 Å². The van der Waals surface area contributed by atoms with Crippen LogP contribution in [0.5, 0.6) is 0 Å². The van der Waals surface area contributed by atoms with Gasteiger partial charge in [0.15, 0.2) is 0 Å². The number of carbonyl (C=O) groups excluding carboxylic acids is 1. The molecule has 38 heavy (non-hydrogen) atoms. The number of fused-ring (bicyclic) bond motifs is 1. The summed E-state index contributed by atoms with van der Waals surface area (Å²) < 4.78 is 30.6. The van der Waals surface area contributed by atoms with E-state index in [1.165, 1.54) is 26.2 Å². The highest BCUT2D eigenvalue weighted by Crippen LogP contribution is 2.38. The fourth-order valence-electron chi connectivity index (χ4n) is 4.20. The molecule has 1 atom stereocenters. The SMILES string of the molecule is CC(C)(O)[C@H](F)CNC(=O)c1cnc(-c2ccc3cc(C#N)cnn23)cc1NC1CC(F)(CNC(=O)O)C1. The molecule has 0 bridgehead atoms. The van der Waals surface area contributed by atoms with Crippen LogP contribution in [-0.2, 0) is 0 Å². The monoisotopic (exact) mass is 527 g/mol. The summed E-state index contributed by atoms with van der Waals surface area (Å²) in [5.41, 5.74) is -0.925. The number of nitrogens with zero attached hydrogens (tertiary/aromatic N) is 4. The number of anilines is 1. The maximum atomic E-state index is 14.8. The minimum absolute atomic E-state index is 0.00377. The van der Waals surface area contributed by atoms with Gasteiger partial charge in [0.05, 0.1) is 58.6 Å². The lowest BCUT2D eigenvalue weighted by molar-refractivity contribution is -0.00177. The molecular formula is C25H27F2N7O4. The Balaban J connectivity index is 1.60. The average molecular weight is 528 g/mol. The third-order valence-corrected chi connectivity index (χ3v) is 6.39. The molecule has 1 aliphatic carbocycles. The van der Waals surface area contributed by atoms with E-state index in [2.05, 4.69) is 20.7 Å². The zero-order valence-corrected chi connectivity index (χ0v) is 20.7. The van der Waals surface area contributed by atoms with E-state index in [0.29, 0.717) is 28.2 Å². The van der Waals surface area contributed by atoms with Gasteiger partial charge in [0, 0.05) is 25.1 Å². The van der Waals surface area contributed by atoms with Crippen LogP contribution in [-0.4, -0.2) is 73.4 Å². The predicted octanol–water partition coefficient (Wildman–Crippen LogP) is 2.66. The molecule has 1 saturated carbocycles. The number of halogens is 2. The Bertz CT molecular complexity index is 1410. The van der Waals surface area contributed by atoms with E-state index in [4.69, 9.17) is 10.4 Å². The van der Waals surface area contributed by atoms with E-state index in [0.717, 1.165) is 0 Å². The molecule has 3 heterocycles. The largest absolute Gasteiger partial charge is 0.465 e. The number of aliphatic hydroxyl groups is 1. The van der Waals surface area contributed by atoms with Crippen molar-refractivity contribution in [2.75, 3.05) is 18.4 Å². The number of aromatic nitrogens is 3. The second kappa shape index (κ2) is 10.2. The van der Waals surface area contributed by atoms with E-state index in [1.807, 2.05) is 11.4 Å². The van der Waals surface area contributed by atoms with Crippen molar-refractivity contribution in [1.29, 1.82) is 5.26 Å². The summed E-state index contributed by atoms with van der Waals surface area (Å²) >= 11 is 0. The number of nitrogens with one attached hydrogen (secondary N) is 3. The van der Waals surface area contributed by atoms with Crippen LogP contribution >= 0.6 is 0 Å². The molecule has 0 saturated heterocycles. The molecule has 0 radical (unpaired) electrons. The zero-order valence-electron chi connectivity index (χ0n) is 20.7. The Morgan fingerprint density at radius 2 is 2.03 bits per heavy atom. The van der Waals surface area contributed by atoms with Crippen LogP contribution in [0.15, 0.2) is 36.7 Å². The van der Waals surface area contributed by atoms with Gasteiger partial charge in [-0.05, 0) is 38.1 Å². The molecule has 1 aliphatic rings. The number of carboxylic acid groups (broad SMARTS) is 1. The van der Waals surface area contributed by atoms with E-state index in [9.17, 15) is 23.5 Å². The van der Waals surface area contributed by atoms with Gasteiger partial charge >= 0.3 is 6.09 Å². The lowest BCUT2D eigenvalue weighted by Crippen LogP contribution is -2.53. The summed E-state index contributed by atoms with van der Waals surface area (Å²) in [5, 5.41) is 39.6. The van der Waals surface area contributed by atoms with Gasteiger partial charge in [0.2, 0.25) is 0 Å². The van der Waals surface area contributed by atoms with Crippen molar-refractivity contribution in [3.05, 3.63) is 47.8 Å². The van der Waals surface area contributed by atoms with Gasteiger partial charge in [0.1, 0.15) is 17.9 Å². The first-order chi connectivity index (χ1) is 17.9. The van der Waals surface area contributed by atoms with Crippen LogP contribution in [0, 0.1) is 11.3 Å². The quantitative estimate of drug-likeness (QED) is 0.283. The number of nitriles is 1. The lowest BCUT2D eigenvalue weighted by atomic mass is 9.77. The zero-order chi connectivity index (χ0) is 27.7. The third kappa shape index (κ3) is 5.81. The molecule has 13 heteroatoms. The van der Waals surface area contributed by atoms with E-state index >= 15 is 0 Å². The van der Waals surface area contributed by atoms with Gasteiger partial charge in [-0.2, -0.15) is 10.4 Å². The molecule has 3 aromatic rings. The lowest BCUT2D eigenvalue weighted by Gasteiger charge is -2.42. The fourth-order valence-corrected chi connectivity index (χ4v) is 4.20. The molecule has 2 amide bonds. The number of amides is 2. The molecular weight excluding hydrogens is 500 g/mol. The fraction of sp³-hybridized carbons (Fsp3) is 0.400. The highest BCUT2D eigenvalue weighted by molar-refractivity contribution is 6.00. The van der Waals surface area contributed by atoms with Gasteiger partial charge in [-0.1, -0.05) is 0 Å². The van der Waals surface area contributed by atoms with Gasteiger partial charge in [-0.25, -0.2) is 18.1 Å². The number of hydrogen-bond acceptors (Lipinski definition) is 7. The molecule has 1 fully saturated rings. The molecule has 0 aliphatic heterocycles. The van der Waals surface area contributed by atoms with Crippen molar-refractivity contribution in [3.63, 3.8) is 0 Å². The van der Waals surface area contributed by atoms with Crippen LogP contribution in [0.1, 0.15) is 42.6 Å². The number of pyridine rings is 1. The van der Waals surface area contributed by atoms with Crippen LogP contribution in [0.2, 0.25) is 0 Å². The van der Waals surface area contributed by atoms with Crippen molar-refractivity contribution >= 4 is 23.2 Å². The summed E-state index contributed by atoms with van der Waals surface area (Å²) in [6, 6.07) is 8.39. The van der Waals surface area contributed by atoms with Crippen molar-refractivity contribution in [2.24, 2.45) is 0 Å². The maximum Gasteiger partial charge on any atom is 0.404 e. The third-order valence-electron chi connectivity index (χ3n) is 6.39. The Kier molecular flexibility index (Phi) is 7.19. The summed E-state index contributed by atoms with van der Waals surface area (Å²) in [5.74, 6) is -0.645. The van der Waals surface area contributed by atoms with Crippen LogP contribution in [0.3, 0.4) is 0 Å². The Morgan fingerprint density at radius 3 is 2.68 bits per heavy atom. The summed E-state index contributed by atoms with van der Waals surface area (Å²) in [4.78, 5) is 28.0. The first kappa shape index (κ1) is 26.7. The Labute approximate surface area is 216 Å². The van der Waals surface area contributed by atoms with Crippen LogP contribution in [0.4, 0.5) is 19.3 Å². The van der Waals surface area contributed by atoms with Crippen molar-refractivity contribution in [3.8, 4) is 17.5 Å². The second-order valence-corrected chi connectivity index (χ2v) is 9.92. The standard InChI is InChI=1S/C25H27F2N7O4/c1-24(2,38)21(26)12-30-22(35)17-11-29-19(20-4-3-16-5-14(9-28)10-32-34(16)20)6-18(17)33-15-7-25(27,8-15)13-31-23(36)37/h3-6,10-11,15,21,31,38H,7-8,12-13H2,1-2H3,(H,29,33)(H,30,35)(H,36,37)/t15?,21-,25?/m1/s1. The molecule has 0 unspecified atom stereocenters. The first-order valence-electron chi connectivity index (χ1n) is 11.8. The Hall–Kier alpha value is -4.31. The van der Waals surface area contributed by atoms with Crippen LogP contribution in [0.25, 0.3) is 16.9 Å². The average Bonchev–Trinajstić information content (AvgIpc) is 3.27. The van der Waals surface area contributed by atoms with E-state index in [1.54, 1.807) is 28.8 Å². The first-order valence-corrected chi connectivity index (χ1v) is 11.8. The van der Waals surface area contributed by atoms with E-state index in [-0.39, 0.29) is 24.9 Å². The van der Waals surface area contributed by atoms with Gasteiger partial charge in [-0.3, -0.25) is 9.78 Å². The number of hydrogen-bond donors (Lipinski definition) is 5. The predicted molar refractivity (Wildman–Crippen MR) is 133 cm³/mol. The maximum absolute atomic E-state index is 14.8. The number of rotatable bonds is 9. The van der Waals surface area contributed by atoms with Gasteiger partial charge in [-0.15, -0.1) is 0 Å². The molecule has 0 spiro atoms. The number of alkyl halides is 2. The summed E-state index contributed by atoms with van der Waals surface area (Å²) in [7, 11) is 0. The minimum Gasteiger partial charge on any atom is -0.465 e.